The van der Waals surface area contributed by atoms with Crippen LogP contribution in [0.1, 0.15) is 10.4 Å². The first-order chi connectivity index (χ1) is 13.1. The molecule has 27 heavy (non-hydrogen) atoms. The zero-order valence-electron chi connectivity index (χ0n) is 15.1. The molecule has 0 aromatic heterocycles. The number of amides is 1. The second-order valence-corrected chi connectivity index (χ2v) is 6.82. The molecule has 2 aromatic carbocycles. The topological polar surface area (TPSA) is 54.3 Å². The number of ether oxygens (including phenoxy) is 1. The van der Waals surface area contributed by atoms with Gasteiger partial charge in [0.1, 0.15) is 11.6 Å². The summed E-state index contributed by atoms with van der Waals surface area (Å²) < 4.78 is 18.8. The molecule has 0 unspecified atom stereocenters. The molecule has 0 radical (unpaired) electrons. The van der Waals surface area contributed by atoms with E-state index in [9.17, 15) is 14.0 Å². The van der Waals surface area contributed by atoms with Gasteiger partial charge in [-0.3, -0.25) is 14.5 Å². The number of anilines is 2. The van der Waals surface area contributed by atoms with E-state index in [1.165, 1.54) is 28.0 Å². The van der Waals surface area contributed by atoms with Crippen molar-refractivity contribution in [1.82, 2.24) is 0 Å². The molecule has 0 saturated carbocycles. The Morgan fingerprint density at radius 2 is 1.78 bits per heavy atom. The number of nitrogens with zero attached hydrogens (tertiary/aromatic N) is 2. The van der Waals surface area contributed by atoms with Gasteiger partial charge in [-0.25, -0.2) is 4.39 Å². The van der Waals surface area contributed by atoms with Gasteiger partial charge in [-0.2, -0.15) is 0 Å². The summed E-state index contributed by atoms with van der Waals surface area (Å²) in [5.41, 5.74) is 1.81. The Morgan fingerprint density at radius 1 is 1.07 bits per heavy atom. The number of Topliss-reactive ketones (excluding diaryl/α,β-unsaturated/α-hetero) is 1. The summed E-state index contributed by atoms with van der Waals surface area (Å²) in [6.45, 7) is 3.71. The van der Waals surface area contributed by atoms with Crippen LogP contribution in [-0.2, 0) is 4.79 Å². The maximum absolute atomic E-state index is 13.6. The summed E-state index contributed by atoms with van der Waals surface area (Å²) in [4.78, 5) is 29.3. The Bertz CT molecular complexity index is 877. The summed E-state index contributed by atoms with van der Waals surface area (Å²) in [5.74, 6) is -0.742. The monoisotopic (exact) mass is 370 g/mol. The minimum absolute atomic E-state index is 0.290. The molecule has 1 saturated heterocycles. The number of nitrogens with one attached hydrogen (secondary N) is 1. The largest absolute Gasteiger partial charge is 0.497 e. The van der Waals surface area contributed by atoms with Gasteiger partial charge in [0.25, 0.3) is 5.78 Å². The number of ketones is 1. The van der Waals surface area contributed by atoms with Crippen LogP contribution < -0.4 is 19.4 Å². The minimum Gasteiger partial charge on any atom is -0.497 e. The third-order valence-electron chi connectivity index (χ3n) is 5.22. The number of hydrogen-bond acceptors (Lipinski definition) is 4. The van der Waals surface area contributed by atoms with Crippen molar-refractivity contribution in [3.63, 3.8) is 0 Å². The lowest BCUT2D eigenvalue weighted by atomic mass is 10.1. The van der Waals surface area contributed by atoms with Crippen molar-refractivity contribution in [3.05, 3.63) is 53.8 Å². The third kappa shape index (κ3) is 3.26. The molecule has 140 valence electrons. The molecule has 1 N–H and O–H groups in total. The predicted molar refractivity (Wildman–Crippen MR) is 99.0 cm³/mol. The molecule has 1 amide bonds. The zero-order valence-corrected chi connectivity index (χ0v) is 15.1. The van der Waals surface area contributed by atoms with Crippen molar-refractivity contribution in [1.29, 1.82) is 0 Å². The van der Waals surface area contributed by atoms with E-state index in [-0.39, 0.29) is 5.56 Å². The highest BCUT2D eigenvalue weighted by Crippen LogP contribution is 2.28. The van der Waals surface area contributed by atoms with Gasteiger partial charge < -0.3 is 14.5 Å². The van der Waals surface area contributed by atoms with Gasteiger partial charge in [0.15, 0.2) is 6.67 Å². The summed E-state index contributed by atoms with van der Waals surface area (Å²) in [7, 11) is 1.64. The van der Waals surface area contributed by atoms with Crippen molar-refractivity contribution in [3.8, 4) is 5.75 Å². The molecule has 0 spiro atoms. The Morgan fingerprint density at radius 3 is 2.44 bits per heavy atom. The first-order valence-electron chi connectivity index (χ1n) is 8.95. The first-order valence-corrected chi connectivity index (χ1v) is 8.95. The normalized spacial score (nSPS) is 17.4. The van der Waals surface area contributed by atoms with E-state index in [2.05, 4.69) is 4.90 Å². The van der Waals surface area contributed by atoms with E-state index in [1.54, 1.807) is 7.11 Å². The van der Waals surface area contributed by atoms with E-state index < -0.39 is 17.5 Å². The second kappa shape index (κ2) is 7.00. The number of quaternary nitrogens is 1. The summed E-state index contributed by atoms with van der Waals surface area (Å²) in [6.07, 6.45) is 0. The number of benzene rings is 2. The van der Waals surface area contributed by atoms with Crippen molar-refractivity contribution in [2.24, 2.45) is 0 Å². The Labute approximate surface area is 156 Å². The molecule has 0 bridgehead atoms. The van der Waals surface area contributed by atoms with Crippen molar-refractivity contribution >= 4 is 23.1 Å². The number of halogens is 1. The second-order valence-electron chi connectivity index (χ2n) is 6.82. The summed E-state index contributed by atoms with van der Waals surface area (Å²) in [6, 6.07) is 11.8. The lowest BCUT2D eigenvalue weighted by Gasteiger charge is -2.35. The molecule has 7 heteroatoms. The fourth-order valence-electron chi connectivity index (χ4n) is 3.68. The fraction of sp³-hybridized carbons (Fsp3) is 0.300. The van der Waals surface area contributed by atoms with Gasteiger partial charge in [0.05, 0.1) is 44.5 Å². The SMILES string of the molecule is COc1ccc(N2CC[NH+](CN3C(=O)C(=O)c4ccc(F)cc43)CC2)cc1. The molecule has 0 atom stereocenters. The lowest BCUT2D eigenvalue weighted by Crippen LogP contribution is -3.16. The predicted octanol–water partition coefficient (Wildman–Crippen LogP) is 0.726. The number of fused-ring (bicyclic) bond motifs is 1. The van der Waals surface area contributed by atoms with Crippen LogP contribution in [0.2, 0.25) is 0 Å². The molecule has 2 heterocycles. The minimum atomic E-state index is -0.569. The first kappa shape index (κ1) is 17.5. The molecule has 2 aliphatic heterocycles. The van der Waals surface area contributed by atoms with E-state index in [4.69, 9.17) is 4.74 Å². The zero-order chi connectivity index (χ0) is 19.0. The van der Waals surface area contributed by atoms with Crippen molar-refractivity contribution in [2.75, 3.05) is 49.8 Å². The van der Waals surface area contributed by atoms with E-state index in [1.807, 2.05) is 24.3 Å². The molecule has 0 aliphatic carbocycles. The molecule has 2 aromatic rings. The van der Waals surface area contributed by atoms with Crippen LogP contribution in [-0.4, -0.2) is 51.6 Å². The number of piperazine rings is 1. The summed E-state index contributed by atoms with van der Waals surface area (Å²) in [5, 5.41) is 0. The van der Waals surface area contributed by atoms with Gasteiger partial charge in [0, 0.05) is 5.69 Å². The molecular formula is C20H21FN3O3+. The highest BCUT2D eigenvalue weighted by molar-refractivity contribution is 6.52. The van der Waals surface area contributed by atoms with Crippen LogP contribution in [0.5, 0.6) is 5.75 Å². The van der Waals surface area contributed by atoms with E-state index >= 15 is 0 Å². The molecular weight excluding hydrogens is 349 g/mol. The van der Waals surface area contributed by atoms with Gasteiger partial charge in [-0.05, 0) is 42.5 Å². The Balaban J connectivity index is 1.41. The van der Waals surface area contributed by atoms with Gasteiger partial charge >= 0.3 is 5.91 Å². The van der Waals surface area contributed by atoms with Crippen LogP contribution >= 0.6 is 0 Å². The van der Waals surface area contributed by atoms with Crippen LogP contribution in [0.15, 0.2) is 42.5 Å². The third-order valence-corrected chi connectivity index (χ3v) is 5.22. The standard InChI is InChI=1S/C20H20FN3O3/c1-27-16-5-3-15(4-6-16)23-10-8-22(9-11-23)13-24-18-12-14(21)2-7-17(18)19(25)20(24)26/h2-7,12H,8-11,13H2,1H3/p+1. The molecule has 1 fully saturated rings. The van der Waals surface area contributed by atoms with Crippen LogP contribution in [0.25, 0.3) is 0 Å². The van der Waals surface area contributed by atoms with Crippen molar-refractivity contribution < 1.29 is 23.6 Å². The average Bonchev–Trinajstić information content (AvgIpc) is 2.93. The van der Waals surface area contributed by atoms with Crippen LogP contribution in [0.3, 0.4) is 0 Å². The van der Waals surface area contributed by atoms with E-state index in [0.29, 0.717) is 12.4 Å². The number of rotatable bonds is 4. The van der Waals surface area contributed by atoms with Crippen LogP contribution in [0, 0.1) is 5.82 Å². The highest BCUT2D eigenvalue weighted by Gasteiger charge is 2.38. The maximum atomic E-state index is 13.6. The van der Waals surface area contributed by atoms with E-state index in [0.717, 1.165) is 37.6 Å². The molecule has 6 nitrogen and oxygen atoms in total. The lowest BCUT2D eigenvalue weighted by molar-refractivity contribution is -0.899. The number of carbonyl (C=O) groups is 2. The Hall–Kier alpha value is -2.93. The number of methoxy groups -OCH3 is 1. The highest BCUT2D eigenvalue weighted by atomic mass is 19.1. The van der Waals surface area contributed by atoms with Gasteiger partial charge in [-0.1, -0.05) is 0 Å². The molecule has 2 aliphatic rings. The fourth-order valence-corrected chi connectivity index (χ4v) is 3.68. The number of hydrogen-bond donors (Lipinski definition) is 1. The van der Waals surface area contributed by atoms with Gasteiger partial charge in [-0.15, -0.1) is 0 Å². The smallest absolute Gasteiger partial charge is 0.303 e. The van der Waals surface area contributed by atoms with Crippen molar-refractivity contribution in [2.45, 2.75) is 0 Å². The average molecular weight is 370 g/mol. The van der Waals surface area contributed by atoms with Gasteiger partial charge in [0.2, 0.25) is 0 Å². The quantitative estimate of drug-likeness (QED) is 0.807. The maximum Gasteiger partial charge on any atom is 0.303 e. The Kier molecular flexibility index (Phi) is 4.53. The number of carbonyl (C=O) groups excluding carboxylic acids is 2. The molecule has 4 rings (SSSR count). The van der Waals surface area contributed by atoms with Crippen LogP contribution in [0.4, 0.5) is 15.8 Å². The summed E-state index contributed by atoms with van der Waals surface area (Å²) >= 11 is 0.